The van der Waals surface area contributed by atoms with E-state index >= 15 is 0 Å². The van der Waals surface area contributed by atoms with Gasteiger partial charge in [0, 0.05) is 57.7 Å². The van der Waals surface area contributed by atoms with E-state index in [1.807, 2.05) is 19.9 Å². The number of hydrogen-bond donors (Lipinski definition) is 2. The number of rotatable bonds is 14. The first-order valence-electron chi connectivity index (χ1n) is 18.8. The number of pyridine rings is 1. The van der Waals surface area contributed by atoms with Crippen molar-refractivity contribution in [3.05, 3.63) is 70.1 Å². The summed E-state index contributed by atoms with van der Waals surface area (Å²) in [5.41, 5.74) is 3.36. The number of aromatic nitrogens is 3. The van der Waals surface area contributed by atoms with Gasteiger partial charge in [-0.1, -0.05) is 23.2 Å². The van der Waals surface area contributed by atoms with Crippen LogP contribution < -0.4 is 20.1 Å². The molecule has 2 aliphatic heterocycles. The Kier molecular flexibility index (Phi) is 13.5. The lowest BCUT2D eigenvalue weighted by Gasteiger charge is -2.41. The number of benzene rings is 2. The van der Waals surface area contributed by atoms with Crippen molar-refractivity contribution >= 4 is 46.8 Å². The number of anilines is 1. The van der Waals surface area contributed by atoms with Crippen molar-refractivity contribution in [3.63, 3.8) is 0 Å². The van der Waals surface area contributed by atoms with Crippen molar-refractivity contribution in [1.82, 2.24) is 25.0 Å². The summed E-state index contributed by atoms with van der Waals surface area (Å²) in [5, 5.41) is 11.2. The molecule has 2 aromatic carbocycles. The molecule has 4 heterocycles. The second-order valence-corrected chi connectivity index (χ2v) is 16.2. The fourth-order valence-electron chi connectivity index (χ4n) is 6.56. The summed E-state index contributed by atoms with van der Waals surface area (Å²) in [4.78, 5) is 45.0. The van der Waals surface area contributed by atoms with Gasteiger partial charge in [0.25, 0.3) is 5.91 Å². The minimum atomic E-state index is -0.570. The molecule has 4 aromatic rings. The second kappa shape index (κ2) is 18.3. The van der Waals surface area contributed by atoms with E-state index in [9.17, 15) is 14.4 Å². The van der Waals surface area contributed by atoms with Crippen molar-refractivity contribution in [2.24, 2.45) is 0 Å². The number of ether oxygens (including phenoxy) is 6. The molecule has 1 fully saturated rings. The van der Waals surface area contributed by atoms with Crippen molar-refractivity contribution in [2.45, 2.75) is 58.8 Å². The molecule has 0 saturated carbocycles. The van der Waals surface area contributed by atoms with Crippen LogP contribution in [0.25, 0.3) is 28.1 Å². The fourth-order valence-corrected chi connectivity index (χ4v) is 7.08. The highest BCUT2D eigenvalue weighted by atomic mass is 35.5. The molecule has 310 valence electrons. The lowest BCUT2D eigenvalue weighted by Crippen LogP contribution is -2.55. The van der Waals surface area contributed by atoms with Crippen molar-refractivity contribution in [3.8, 4) is 39.6 Å². The Morgan fingerprint density at radius 1 is 0.948 bits per heavy atom. The normalized spacial score (nSPS) is 14.5. The van der Waals surface area contributed by atoms with Crippen LogP contribution in [-0.4, -0.2) is 109 Å². The van der Waals surface area contributed by atoms with Gasteiger partial charge in [0.2, 0.25) is 5.91 Å². The third kappa shape index (κ3) is 10.4. The van der Waals surface area contributed by atoms with E-state index in [0.29, 0.717) is 100 Å². The number of carbonyl (C=O) groups is 3. The van der Waals surface area contributed by atoms with Gasteiger partial charge in [-0.2, -0.15) is 5.10 Å². The highest BCUT2D eigenvalue weighted by Crippen LogP contribution is 2.46. The quantitative estimate of drug-likeness (QED) is 0.126. The number of methoxy groups -OCH3 is 1. The molecule has 1 saturated heterocycles. The zero-order chi connectivity index (χ0) is 41.6. The Morgan fingerprint density at radius 3 is 2.40 bits per heavy atom. The lowest BCUT2D eigenvalue weighted by molar-refractivity contribution is -0.117. The van der Waals surface area contributed by atoms with Gasteiger partial charge in [-0.3, -0.25) is 14.6 Å². The molecule has 6 rings (SSSR count). The van der Waals surface area contributed by atoms with Crippen LogP contribution >= 0.6 is 23.2 Å². The van der Waals surface area contributed by atoms with Crippen LogP contribution in [0.4, 0.5) is 10.5 Å². The van der Waals surface area contributed by atoms with E-state index < -0.39 is 17.2 Å². The molecular weight excluding hydrogens is 791 g/mol. The summed E-state index contributed by atoms with van der Waals surface area (Å²) in [6.45, 7) is 12.0. The molecule has 2 N–H and O–H groups in total. The average molecular weight is 840 g/mol. The third-order valence-corrected chi connectivity index (χ3v) is 9.63. The SMILES string of the molecule is COc1cc2c(cc1-c1cncc(NC(=O)CCOCCOCCNC(=O)OC(C)(C)C)c1)-c1c(c(C(=O)N3CCOCC3(C)C)nn1-c1cc(Cl)cc(Cl)c1)CO2. The number of nitrogens with zero attached hydrogens (tertiary/aromatic N) is 4. The number of halogens is 2. The summed E-state index contributed by atoms with van der Waals surface area (Å²) in [6, 6.07) is 10.6. The number of morpholine rings is 1. The van der Waals surface area contributed by atoms with E-state index in [-0.39, 0.29) is 43.7 Å². The van der Waals surface area contributed by atoms with E-state index in [0.717, 1.165) is 0 Å². The third-order valence-electron chi connectivity index (χ3n) is 9.19. The van der Waals surface area contributed by atoms with E-state index in [4.69, 9.17) is 56.7 Å². The Morgan fingerprint density at radius 2 is 1.69 bits per heavy atom. The van der Waals surface area contributed by atoms with Gasteiger partial charge < -0.3 is 44.0 Å². The summed E-state index contributed by atoms with van der Waals surface area (Å²) < 4.78 is 35.7. The summed E-state index contributed by atoms with van der Waals surface area (Å²) in [5.74, 6) is 0.523. The summed E-state index contributed by atoms with van der Waals surface area (Å²) in [6.07, 6.45) is 2.82. The number of nitrogens with one attached hydrogen (secondary N) is 2. The summed E-state index contributed by atoms with van der Waals surface area (Å²) in [7, 11) is 1.56. The van der Waals surface area contributed by atoms with Gasteiger partial charge in [-0.25, -0.2) is 9.48 Å². The lowest BCUT2D eigenvalue weighted by atomic mass is 9.95. The molecule has 0 bridgehead atoms. The van der Waals surface area contributed by atoms with E-state index in [1.54, 1.807) is 80.2 Å². The number of amides is 3. The van der Waals surface area contributed by atoms with Crippen LogP contribution in [0, 0.1) is 0 Å². The monoisotopic (exact) mass is 838 g/mol. The minimum absolute atomic E-state index is 0.0815. The molecular formula is C41H48Cl2N6O9. The molecule has 2 aliphatic rings. The number of hydrogen-bond acceptors (Lipinski definition) is 11. The summed E-state index contributed by atoms with van der Waals surface area (Å²) >= 11 is 12.9. The zero-order valence-corrected chi connectivity index (χ0v) is 34.9. The van der Waals surface area contributed by atoms with Crippen molar-refractivity contribution in [2.75, 3.05) is 65.2 Å². The molecule has 0 aliphatic carbocycles. The minimum Gasteiger partial charge on any atom is -0.496 e. The first-order valence-corrected chi connectivity index (χ1v) is 19.6. The van der Waals surface area contributed by atoms with E-state index in [2.05, 4.69) is 15.6 Å². The standard InChI is InChI=1S/C41H48Cl2N6O9/c1-40(2,3)58-39(52)45-8-11-55-14-13-54-10-7-35(50)46-28-15-25(21-44-22-28)30-19-31-34(20-33(30)53-6)57-23-32-36(38(51)48-9-12-56-24-41(48,4)5)47-49(37(31)32)29-17-26(42)16-27(43)18-29/h15-22H,7-14,23-24H2,1-6H3,(H,45,52)(H,46,50). The molecule has 15 nitrogen and oxygen atoms in total. The molecule has 0 spiro atoms. The van der Waals surface area contributed by atoms with Crippen LogP contribution in [0.5, 0.6) is 11.5 Å². The largest absolute Gasteiger partial charge is 0.496 e. The van der Waals surface area contributed by atoms with Gasteiger partial charge >= 0.3 is 6.09 Å². The first kappa shape index (κ1) is 42.7. The predicted molar refractivity (Wildman–Crippen MR) is 218 cm³/mol. The Hall–Kier alpha value is -4.93. The highest BCUT2D eigenvalue weighted by Gasteiger charge is 2.39. The molecule has 58 heavy (non-hydrogen) atoms. The van der Waals surface area contributed by atoms with Crippen LogP contribution in [0.1, 0.15) is 57.1 Å². The maximum atomic E-state index is 14.3. The van der Waals surface area contributed by atoms with Gasteiger partial charge in [-0.15, -0.1) is 0 Å². The first-order chi connectivity index (χ1) is 27.6. The number of carbonyl (C=O) groups excluding carboxylic acids is 3. The predicted octanol–water partition coefficient (Wildman–Crippen LogP) is 6.95. The molecule has 3 amide bonds. The van der Waals surface area contributed by atoms with Crippen LogP contribution in [0.2, 0.25) is 10.0 Å². The van der Waals surface area contributed by atoms with Crippen LogP contribution in [0.15, 0.2) is 48.8 Å². The molecule has 2 aromatic heterocycles. The Labute approximate surface area is 347 Å². The van der Waals surface area contributed by atoms with Crippen LogP contribution in [0.3, 0.4) is 0 Å². The maximum Gasteiger partial charge on any atom is 0.407 e. The van der Waals surface area contributed by atoms with E-state index in [1.165, 1.54) is 0 Å². The molecule has 0 atom stereocenters. The highest BCUT2D eigenvalue weighted by molar-refractivity contribution is 6.34. The average Bonchev–Trinajstić information content (AvgIpc) is 3.56. The Bertz CT molecular complexity index is 2130. The van der Waals surface area contributed by atoms with Gasteiger partial charge in [0.15, 0.2) is 5.69 Å². The number of alkyl carbamates (subject to hydrolysis) is 1. The Balaban J connectivity index is 1.18. The smallest absolute Gasteiger partial charge is 0.407 e. The topological polar surface area (TPSA) is 165 Å². The maximum absolute atomic E-state index is 14.3. The van der Waals surface area contributed by atoms with Gasteiger partial charge in [-0.05, 0) is 65.0 Å². The second-order valence-electron chi connectivity index (χ2n) is 15.3. The van der Waals surface area contributed by atoms with Gasteiger partial charge in [0.05, 0.1) is 82.0 Å². The van der Waals surface area contributed by atoms with Gasteiger partial charge in [0.1, 0.15) is 23.7 Å². The zero-order valence-electron chi connectivity index (χ0n) is 33.4. The molecule has 17 heteroatoms. The molecule has 0 unspecified atom stereocenters. The molecule has 0 radical (unpaired) electrons. The number of fused-ring (bicyclic) bond motifs is 3. The fraction of sp³-hybridized carbons (Fsp3) is 0.439. The van der Waals surface area contributed by atoms with Crippen molar-refractivity contribution < 1.29 is 42.8 Å². The van der Waals surface area contributed by atoms with Crippen LogP contribution in [-0.2, 0) is 30.3 Å². The van der Waals surface area contributed by atoms with Crippen molar-refractivity contribution in [1.29, 1.82) is 0 Å².